The fraction of sp³-hybridized carbons (Fsp3) is 0.333. The van der Waals surface area contributed by atoms with E-state index in [2.05, 4.69) is 15.7 Å². The molecule has 2 heterocycles. The number of aryl methyl sites for hydroxylation is 1. The maximum absolute atomic E-state index is 13.9. The van der Waals surface area contributed by atoms with E-state index >= 15 is 0 Å². The molecule has 0 saturated heterocycles. The second-order valence-electron chi connectivity index (χ2n) is 8.12. The van der Waals surface area contributed by atoms with E-state index in [1.807, 2.05) is 19.1 Å². The number of amides is 1. The molecular weight excluding hydrogens is 465 g/mol. The Morgan fingerprint density at radius 3 is 2.26 bits per heavy atom. The summed E-state index contributed by atoms with van der Waals surface area (Å²) in [6.45, 7) is 1.90. The van der Waals surface area contributed by atoms with Gasteiger partial charge in [-0.25, -0.2) is 4.68 Å². The summed E-state index contributed by atoms with van der Waals surface area (Å²) in [6, 6.07) is 7.75. The molecule has 8 nitrogen and oxygen atoms in total. The van der Waals surface area contributed by atoms with Crippen LogP contribution in [-0.4, -0.2) is 43.2 Å². The number of halogens is 3. The van der Waals surface area contributed by atoms with Crippen LogP contribution in [0.1, 0.15) is 40.0 Å². The van der Waals surface area contributed by atoms with Gasteiger partial charge in [0.2, 0.25) is 5.75 Å². The molecule has 2 aromatic carbocycles. The van der Waals surface area contributed by atoms with Gasteiger partial charge < -0.3 is 24.8 Å². The molecule has 4 rings (SSSR count). The van der Waals surface area contributed by atoms with Crippen molar-refractivity contribution < 1.29 is 32.2 Å². The van der Waals surface area contributed by atoms with Gasteiger partial charge in [0.05, 0.1) is 33.6 Å². The lowest BCUT2D eigenvalue weighted by Crippen LogP contribution is -2.36. The maximum atomic E-state index is 13.9. The van der Waals surface area contributed by atoms with Crippen molar-refractivity contribution in [3.63, 3.8) is 0 Å². The van der Waals surface area contributed by atoms with Crippen molar-refractivity contribution in [2.45, 2.75) is 31.6 Å². The molecule has 1 aliphatic rings. The molecule has 0 aliphatic carbocycles. The van der Waals surface area contributed by atoms with Crippen LogP contribution in [-0.2, 0) is 0 Å². The summed E-state index contributed by atoms with van der Waals surface area (Å²) in [4.78, 5) is 13.1. The molecule has 2 atom stereocenters. The second kappa shape index (κ2) is 9.40. The summed E-state index contributed by atoms with van der Waals surface area (Å²) >= 11 is 0. The smallest absolute Gasteiger partial charge is 0.410 e. The highest BCUT2D eigenvalue weighted by Crippen LogP contribution is 2.45. The summed E-state index contributed by atoms with van der Waals surface area (Å²) in [5.74, 6) is 0.321. The molecule has 0 spiro atoms. The highest BCUT2D eigenvalue weighted by atomic mass is 19.4. The third-order valence-electron chi connectivity index (χ3n) is 5.89. The van der Waals surface area contributed by atoms with Gasteiger partial charge in [0.25, 0.3) is 5.91 Å². The fourth-order valence-electron chi connectivity index (χ4n) is 4.10. The average molecular weight is 490 g/mol. The zero-order chi connectivity index (χ0) is 25.3. The van der Waals surface area contributed by atoms with E-state index in [1.165, 1.54) is 33.5 Å². The first-order valence-electron chi connectivity index (χ1n) is 10.7. The summed E-state index contributed by atoms with van der Waals surface area (Å²) in [5.41, 5.74) is 1.97. The quantitative estimate of drug-likeness (QED) is 0.498. The number of methoxy groups -OCH3 is 3. The molecule has 0 fully saturated rings. The molecule has 2 N–H and O–H groups in total. The number of ether oxygens (including phenoxy) is 3. The minimum Gasteiger partial charge on any atom is -0.493 e. The Bertz CT molecular complexity index is 1200. The van der Waals surface area contributed by atoms with E-state index in [4.69, 9.17) is 14.2 Å². The number of carbonyl (C=O) groups is 1. The summed E-state index contributed by atoms with van der Waals surface area (Å²) in [7, 11) is 4.32. The largest absolute Gasteiger partial charge is 0.493 e. The van der Waals surface area contributed by atoms with Crippen molar-refractivity contribution in [3.05, 3.63) is 59.3 Å². The standard InChI is InChI=1S/C24H25F3N4O4/c1-13-5-7-14(8-6-13)17-11-20(24(25,26)27)31-22(30-17)16(12-28-31)23(32)29-15-9-18(33-2)21(35-4)19(10-15)34-3/h5-10,12,17,20,30H,11H2,1-4H3,(H,29,32). The Labute approximate surface area is 200 Å². The van der Waals surface area contributed by atoms with E-state index in [9.17, 15) is 18.0 Å². The van der Waals surface area contributed by atoms with Crippen LogP contribution in [0.5, 0.6) is 17.2 Å². The molecule has 11 heteroatoms. The van der Waals surface area contributed by atoms with E-state index in [-0.39, 0.29) is 17.8 Å². The van der Waals surface area contributed by atoms with Crippen LogP contribution in [0.4, 0.5) is 24.7 Å². The molecule has 186 valence electrons. The third-order valence-corrected chi connectivity index (χ3v) is 5.89. The number of anilines is 2. The molecule has 3 aromatic rings. The van der Waals surface area contributed by atoms with E-state index in [0.29, 0.717) is 28.5 Å². The lowest BCUT2D eigenvalue weighted by Gasteiger charge is -2.34. The van der Waals surface area contributed by atoms with E-state index in [1.54, 1.807) is 12.1 Å². The number of nitrogens with one attached hydrogen (secondary N) is 2. The zero-order valence-corrected chi connectivity index (χ0v) is 19.6. The van der Waals surface area contributed by atoms with E-state index in [0.717, 1.165) is 16.4 Å². The van der Waals surface area contributed by atoms with Gasteiger partial charge in [-0.05, 0) is 12.5 Å². The van der Waals surface area contributed by atoms with Crippen LogP contribution in [0.3, 0.4) is 0 Å². The van der Waals surface area contributed by atoms with Gasteiger partial charge in [0, 0.05) is 24.2 Å². The van der Waals surface area contributed by atoms with Crippen LogP contribution in [0, 0.1) is 6.92 Å². The topological polar surface area (TPSA) is 86.6 Å². The lowest BCUT2D eigenvalue weighted by atomic mass is 9.96. The SMILES string of the molecule is COc1cc(NC(=O)c2cnn3c2NC(c2ccc(C)cc2)CC3C(F)(F)F)cc(OC)c1OC. The summed E-state index contributed by atoms with van der Waals surface area (Å²) in [6.07, 6.45) is -3.67. The number of aromatic nitrogens is 2. The predicted octanol–water partition coefficient (Wildman–Crippen LogP) is 5.13. The fourth-order valence-corrected chi connectivity index (χ4v) is 4.10. The average Bonchev–Trinajstić information content (AvgIpc) is 3.26. The van der Waals surface area contributed by atoms with Crippen molar-refractivity contribution in [1.29, 1.82) is 0 Å². The number of rotatable bonds is 6. The number of fused-ring (bicyclic) bond motifs is 1. The predicted molar refractivity (Wildman–Crippen MR) is 124 cm³/mol. The first-order valence-corrected chi connectivity index (χ1v) is 10.7. The molecule has 0 bridgehead atoms. The first-order chi connectivity index (χ1) is 16.7. The monoisotopic (exact) mass is 490 g/mol. The van der Waals surface area contributed by atoms with Gasteiger partial charge in [-0.3, -0.25) is 4.79 Å². The van der Waals surface area contributed by atoms with Crippen LogP contribution < -0.4 is 24.8 Å². The van der Waals surface area contributed by atoms with Gasteiger partial charge in [-0.2, -0.15) is 18.3 Å². The van der Waals surface area contributed by atoms with Crippen molar-refractivity contribution in [1.82, 2.24) is 9.78 Å². The van der Waals surface area contributed by atoms with Gasteiger partial charge in [0.15, 0.2) is 17.5 Å². The Morgan fingerprint density at radius 1 is 1.09 bits per heavy atom. The number of hydrogen-bond donors (Lipinski definition) is 2. The van der Waals surface area contributed by atoms with Gasteiger partial charge in [-0.1, -0.05) is 29.8 Å². The van der Waals surface area contributed by atoms with Crippen LogP contribution >= 0.6 is 0 Å². The molecule has 1 aromatic heterocycles. The Morgan fingerprint density at radius 2 is 1.71 bits per heavy atom. The number of nitrogens with zero attached hydrogens (tertiary/aromatic N) is 2. The molecule has 1 amide bonds. The van der Waals surface area contributed by atoms with Crippen LogP contribution in [0.15, 0.2) is 42.6 Å². The Kier molecular flexibility index (Phi) is 6.51. The van der Waals surface area contributed by atoms with Crippen molar-refractivity contribution >= 4 is 17.4 Å². The number of benzene rings is 2. The maximum Gasteiger partial charge on any atom is 0.410 e. The lowest BCUT2D eigenvalue weighted by molar-refractivity contribution is -0.173. The molecular formula is C24H25F3N4O4. The van der Waals surface area contributed by atoms with Crippen molar-refractivity contribution in [3.8, 4) is 17.2 Å². The highest BCUT2D eigenvalue weighted by molar-refractivity contribution is 6.07. The molecule has 2 unspecified atom stereocenters. The molecule has 0 radical (unpaired) electrons. The van der Waals surface area contributed by atoms with Crippen molar-refractivity contribution in [2.75, 3.05) is 32.0 Å². The number of carbonyl (C=O) groups excluding carboxylic acids is 1. The van der Waals surface area contributed by atoms with Crippen LogP contribution in [0.25, 0.3) is 0 Å². The minimum atomic E-state index is -4.55. The molecule has 1 aliphatic heterocycles. The van der Waals surface area contributed by atoms with Gasteiger partial charge in [0.1, 0.15) is 11.4 Å². The van der Waals surface area contributed by atoms with Gasteiger partial charge in [-0.15, -0.1) is 0 Å². The molecule has 35 heavy (non-hydrogen) atoms. The number of alkyl halides is 3. The zero-order valence-electron chi connectivity index (χ0n) is 19.6. The molecule has 0 saturated carbocycles. The highest BCUT2D eigenvalue weighted by Gasteiger charge is 2.47. The van der Waals surface area contributed by atoms with Crippen LogP contribution in [0.2, 0.25) is 0 Å². The Balaban J connectivity index is 1.69. The normalized spacial score (nSPS) is 17.2. The summed E-state index contributed by atoms with van der Waals surface area (Å²) < 4.78 is 58.5. The Hall–Kier alpha value is -3.89. The third kappa shape index (κ3) is 4.71. The number of hydrogen-bond acceptors (Lipinski definition) is 6. The van der Waals surface area contributed by atoms with Gasteiger partial charge >= 0.3 is 6.18 Å². The van der Waals surface area contributed by atoms with E-state index < -0.39 is 24.2 Å². The first kappa shape index (κ1) is 24.2. The summed E-state index contributed by atoms with van der Waals surface area (Å²) in [5, 5.41) is 9.67. The second-order valence-corrected chi connectivity index (χ2v) is 8.12. The van der Waals surface area contributed by atoms with Crippen molar-refractivity contribution in [2.24, 2.45) is 0 Å². The minimum absolute atomic E-state index is 0.00547.